The van der Waals surface area contributed by atoms with Crippen LogP contribution >= 0.6 is 0 Å². The summed E-state index contributed by atoms with van der Waals surface area (Å²) in [7, 11) is 0. The topological polar surface area (TPSA) is 90.1 Å². The quantitative estimate of drug-likeness (QED) is 0.657. The molecule has 6 nitrogen and oxygen atoms in total. The number of fused-ring (bicyclic) bond motifs is 1. The van der Waals surface area contributed by atoms with Crippen LogP contribution < -0.4 is 15.7 Å². The van der Waals surface area contributed by atoms with E-state index in [9.17, 15) is 9.90 Å². The minimum atomic E-state index is -0.616. The van der Waals surface area contributed by atoms with E-state index in [4.69, 9.17) is 4.74 Å². The van der Waals surface area contributed by atoms with Gasteiger partial charge in [0.2, 0.25) is 0 Å². The van der Waals surface area contributed by atoms with Crippen LogP contribution in [0, 0.1) is 0 Å². The Morgan fingerprint density at radius 1 is 1.35 bits per heavy atom. The number of hydrogen-bond donors (Lipinski definition) is 4. The summed E-state index contributed by atoms with van der Waals surface area (Å²) in [5.41, 5.74) is 0.988. The van der Waals surface area contributed by atoms with Crippen molar-refractivity contribution in [2.24, 2.45) is 0 Å². The van der Waals surface area contributed by atoms with Gasteiger partial charge in [-0.25, -0.2) is 4.79 Å². The average molecular weight is 279 g/mol. The van der Waals surface area contributed by atoms with Crippen molar-refractivity contribution in [3.05, 3.63) is 28.7 Å². The van der Waals surface area contributed by atoms with Gasteiger partial charge in [0.25, 0.3) is 0 Å². The number of H-pyrrole nitrogens is 2. The number of para-hydroxylation sites is 1. The van der Waals surface area contributed by atoms with Crippen molar-refractivity contribution >= 4 is 11.0 Å². The predicted molar refractivity (Wildman–Crippen MR) is 78.2 cm³/mol. The Kier molecular flexibility index (Phi) is 4.15. The molecule has 0 bridgehead atoms. The minimum Gasteiger partial charge on any atom is -0.489 e. The van der Waals surface area contributed by atoms with Gasteiger partial charge in [-0.3, -0.25) is 0 Å². The van der Waals surface area contributed by atoms with Crippen LogP contribution in [0.4, 0.5) is 0 Å². The number of aromatic nitrogens is 2. The maximum absolute atomic E-state index is 11.3. The summed E-state index contributed by atoms with van der Waals surface area (Å²) in [5.74, 6) is 0.552. The second kappa shape index (κ2) is 5.68. The Balaban J connectivity index is 1.97. The number of aliphatic hydroxyl groups excluding tert-OH is 1. The molecule has 0 unspecified atom stereocenters. The number of benzene rings is 1. The van der Waals surface area contributed by atoms with Gasteiger partial charge < -0.3 is 25.1 Å². The van der Waals surface area contributed by atoms with E-state index in [0.717, 1.165) is 0 Å². The molecule has 4 N–H and O–H groups in total. The number of nitrogens with one attached hydrogen (secondary N) is 3. The molecule has 0 aliphatic carbocycles. The van der Waals surface area contributed by atoms with Crippen LogP contribution in [0.15, 0.2) is 23.0 Å². The van der Waals surface area contributed by atoms with E-state index in [1.54, 1.807) is 18.2 Å². The Hall–Kier alpha value is -1.79. The first-order valence-electron chi connectivity index (χ1n) is 6.62. The highest BCUT2D eigenvalue weighted by atomic mass is 16.5. The molecule has 20 heavy (non-hydrogen) atoms. The molecule has 110 valence electrons. The summed E-state index contributed by atoms with van der Waals surface area (Å²) in [4.78, 5) is 16.6. The number of hydrogen-bond acceptors (Lipinski definition) is 4. The van der Waals surface area contributed by atoms with Gasteiger partial charge in [-0.1, -0.05) is 6.07 Å². The fraction of sp³-hybridized carbons (Fsp3) is 0.500. The normalized spacial score (nSPS) is 13.6. The van der Waals surface area contributed by atoms with Gasteiger partial charge in [-0.05, 0) is 32.9 Å². The monoisotopic (exact) mass is 279 g/mol. The Morgan fingerprint density at radius 3 is 2.80 bits per heavy atom. The molecule has 0 aliphatic heterocycles. The number of aromatic amines is 2. The molecular formula is C14H21N3O3. The molecule has 0 aliphatic rings. The molecule has 6 heteroatoms. The van der Waals surface area contributed by atoms with Crippen LogP contribution in [0.3, 0.4) is 0 Å². The van der Waals surface area contributed by atoms with Crippen molar-refractivity contribution in [1.29, 1.82) is 0 Å². The second-order valence-electron chi connectivity index (χ2n) is 5.85. The molecule has 1 aromatic carbocycles. The van der Waals surface area contributed by atoms with E-state index < -0.39 is 6.10 Å². The Labute approximate surface area is 117 Å². The number of imidazole rings is 1. The first-order chi connectivity index (χ1) is 9.35. The minimum absolute atomic E-state index is 0.0487. The first-order valence-corrected chi connectivity index (χ1v) is 6.62. The molecule has 0 saturated heterocycles. The Morgan fingerprint density at radius 2 is 2.10 bits per heavy atom. The van der Waals surface area contributed by atoms with E-state index >= 15 is 0 Å². The lowest BCUT2D eigenvalue weighted by Crippen LogP contribution is -2.42. The van der Waals surface area contributed by atoms with Crippen molar-refractivity contribution in [3.63, 3.8) is 0 Å². The van der Waals surface area contributed by atoms with E-state index in [0.29, 0.717) is 23.3 Å². The van der Waals surface area contributed by atoms with E-state index in [1.807, 2.05) is 20.8 Å². The molecule has 0 fully saturated rings. The summed E-state index contributed by atoms with van der Waals surface area (Å²) in [6.45, 7) is 6.71. The van der Waals surface area contributed by atoms with Crippen molar-refractivity contribution in [1.82, 2.24) is 15.3 Å². The fourth-order valence-electron chi connectivity index (χ4n) is 1.82. The lowest BCUT2D eigenvalue weighted by molar-refractivity contribution is 0.101. The molecule has 1 atom stereocenters. The zero-order valence-corrected chi connectivity index (χ0v) is 12.0. The second-order valence-corrected chi connectivity index (χ2v) is 5.85. The molecule has 0 spiro atoms. The molecule has 1 aromatic heterocycles. The van der Waals surface area contributed by atoms with Gasteiger partial charge in [0.05, 0.1) is 5.52 Å². The standard InChI is InChI=1S/C14H21N3O3/c1-14(2,3)15-7-9(18)8-20-11-6-4-5-10-12(11)17-13(19)16-10/h4-6,9,15,18H,7-8H2,1-3H3,(H2,16,17,19)/t9-/m1/s1. The average Bonchev–Trinajstić information content (AvgIpc) is 2.73. The van der Waals surface area contributed by atoms with Gasteiger partial charge in [0.1, 0.15) is 24.0 Å². The van der Waals surface area contributed by atoms with Gasteiger partial charge >= 0.3 is 5.69 Å². The van der Waals surface area contributed by atoms with Crippen LogP contribution in [-0.4, -0.2) is 39.9 Å². The van der Waals surface area contributed by atoms with E-state index in [-0.39, 0.29) is 17.8 Å². The maximum Gasteiger partial charge on any atom is 0.323 e. The van der Waals surface area contributed by atoms with Crippen LogP contribution in [0.5, 0.6) is 5.75 Å². The van der Waals surface area contributed by atoms with Gasteiger partial charge in [-0.2, -0.15) is 0 Å². The predicted octanol–water partition coefficient (Wildman–Crippen LogP) is 0.984. The van der Waals surface area contributed by atoms with Crippen molar-refractivity contribution in [2.45, 2.75) is 32.4 Å². The smallest absolute Gasteiger partial charge is 0.323 e. The molecule has 0 saturated carbocycles. The third kappa shape index (κ3) is 3.85. The van der Waals surface area contributed by atoms with Crippen molar-refractivity contribution in [3.8, 4) is 5.75 Å². The highest BCUT2D eigenvalue weighted by molar-refractivity contribution is 5.80. The van der Waals surface area contributed by atoms with Crippen molar-refractivity contribution in [2.75, 3.05) is 13.2 Å². The number of β-amino-alcohol motifs (C(OH)–C–C–N with tert-alkyl or cyclic N) is 1. The highest BCUT2D eigenvalue weighted by Crippen LogP contribution is 2.20. The molecule has 0 radical (unpaired) electrons. The van der Waals surface area contributed by atoms with Gasteiger partial charge in [0.15, 0.2) is 0 Å². The number of ether oxygens (including phenoxy) is 1. The lowest BCUT2D eigenvalue weighted by atomic mass is 10.1. The van der Waals surface area contributed by atoms with Crippen molar-refractivity contribution < 1.29 is 9.84 Å². The molecule has 0 amide bonds. The third-order valence-corrected chi connectivity index (χ3v) is 2.81. The molecular weight excluding hydrogens is 258 g/mol. The summed E-state index contributed by atoms with van der Waals surface area (Å²) >= 11 is 0. The zero-order chi connectivity index (χ0) is 14.8. The zero-order valence-electron chi connectivity index (χ0n) is 12.0. The SMILES string of the molecule is CC(C)(C)NC[C@@H](O)COc1cccc2[nH]c(=O)[nH]c12. The molecule has 1 heterocycles. The van der Waals surface area contributed by atoms with Gasteiger partial charge in [0, 0.05) is 12.1 Å². The van der Waals surface area contributed by atoms with Crippen LogP contribution in [-0.2, 0) is 0 Å². The first kappa shape index (κ1) is 14.6. The van der Waals surface area contributed by atoms with Gasteiger partial charge in [-0.15, -0.1) is 0 Å². The highest BCUT2D eigenvalue weighted by Gasteiger charge is 2.13. The number of rotatable bonds is 5. The Bertz CT molecular complexity index is 624. The lowest BCUT2D eigenvalue weighted by Gasteiger charge is -2.23. The maximum atomic E-state index is 11.3. The molecule has 2 aromatic rings. The summed E-state index contributed by atoms with van der Waals surface area (Å²) in [6.07, 6.45) is -0.616. The summed E-state index contributed by atoms with van der Waals surface area (Å²) < 4.78 is 5.58. The fourth-order valence-corrected chi connectivity index (χ4v) is 1.82. The van der Waals surface area contributed by atoms with Crippen LogP contribution in [0.25, 0.3) is 11.0 Å². The third-order valence-electron chi connectivity index (χ3n) is 2.81. The summed E-state index contributed by atoms with van der Waals surface area (Å²) in [6, 6.07) is 5.34. The number of aliphatic hydroxyl groups is 1. The largest absolute Gasteiger partial charge is 0.489 e. The van der Waals surface area contributed by atoms with Crippen LogP contribution in [0.1, 0.15) is 20.8 Å². The summed E-state index contributed by atoms with van der Waals surface area (Å²) in [5, 5.41) is 13.1. The van der Waals surface area contributed by atoms with E-state index in [1.165, 1.54) is 0 Å². The van der Waals surface area contributed by atoms with E-state index in [2.05, 4.69) is 15.3 Å². The molecule has 2 rings (SSSR count). The van der Waals surface area contributed by atoms with Crippen LogP contribution in [0.2, 0.25) is 0 Å².